The Kier molecular flexibility index (Phi) is 6.29. The van der Waals surface area contributed by atoms with Crippen LogP contribution in [0.15, 0.2) is 59.6 Å². The Bertz CT molecular complexity index is 1460. The average molecular weight is 491 g/mol. The second-order valence-corrected chi connectivity index (χ2v) is 11.0. The summed E-state index contributed by atoms with van der Waals surface area (Å²) < 4.78 is 30.1. The van der Waals surface area contributed by atoms with Crippen LogP contribution in [0, 0.1) is 20.8 Å². The quantitative estimate of drug-likeness (QED) is 0.414. The molecule has 1 saturated carbocycles. The maximum absolute atomic E-state index is 12.7. The summed E-state index contributed by atoms with van der Waals surface area (Å²) in [5.41, 5.74) is 4.12. The van der Waals surface area contributed by atoms with Crippen LogP contribution in [0.3, 0.4) is 0 Å². The van der Waals surface area contributed by atoms with E-state index in [0.717, 1.165) is 53.8 Å². The Morgan fingerprint density at radius 2 is 1.63 bits per heavy atom. The van der Waals surface area contributed by atoms with Crippen LogP contribution in [-0.2, 0) is 10.0 Å². The Hall–Kier alpha value is -3.30. The van der Waals surface area contributed by atoms with Gasteiger partial charge < -0.3 is 5.32 Å². The van der Waals surface area contributed by atoms with E-state index in [1.165, 1.54) is 5.56 Å². The van der Waals surface area contributed by atoms with Crippen molar-refractivity contribution in [1.29, 1.82) is 0 Å². The lowest BCUT2D eigenvalue weighted by atomic mass is 9.92. The van der Waals surface area contributed by atoms with Crippen molar-refractivity contribution in [3.05, 3.63) is 71.7 Å². The topological polar surface area (TPSA) is 102 Å². The predicted octanol–water partition coefficient (Wildman–Crippen LogP) is 4.44. The zero-order valence-corrected chi connectivity index (χ0v) is 21.0. The minimum Gasteiger partial charge on any atom is -0.367 e. The Labute approximate surface area is 205 Å². The van der Waals surface area contributed by atoms with Crippen molar-refractivity contribution in [3.63, 3.8) is 0 Å². The van der Waals surface area contributed by atoms with Crippen LogP contribution in [0.5, 0.6) is 0 Å². The molecule has 182 valence electrons. The minimum absolute atomic E-state index is 0.0716. The molecule has 0 unspecified atom stereocenters. The highest BCUT2D eigenvalue weighted by Gasteiger charge is 2.26. The molecule has 5 rings (SSSR count). The first-order chi connectivity index (χ1) is 16.8. The fourth-order valence-electron chi connectivity index (χ4n) is 4.78. The SMILES string of the molecule is Cc1ccc(-n2ncc3c(NC4CCC(NS(=O)(=O)c5ccccc5)CC4)nc(C)nc32)c(C)c1. The molecule has 2 aromatic heterocycles. The molecule has 4 aromatic rings. The summed E-state index contributed by atoms with van der Waals surface area (Å²) in [6.07, 6.45) is 5.03. The third kappa shape index (κ3) is 4.92. The first kappa shape index (κ1) is 23.4. The van der Waals surface area contributed by atoms with Crippen LogP contribution < -0.4 is 10.0 Å². The number of fused-ring (bicyclic) bond motifs is 1. The molecule has 0 saturated heterocycles. The maximum atomic E-state index is 12.7. The molecule has 9 heteroatoms. The van der Waals surface area contributed by atoms with Gasteiger partial charge in [0.2, 0.25) is 10.0 Å². The molecule has 0 aliphatic heterocycles. The molecular formula is C26H30N6O2S. The van der Waals surface area contributed by atoms with E-state index >= 15 is 0 Å². The highest BCUT2D eigenvalue weighted by molar-refractivity contribution is 7.89. The van der Waals surface area contributed by atoms with Gasteiger partial charge in [0.25, 0.3) is 0 Å². The normalized spacial score (nSPS) is 18.6. The van der Waals surface area contributed by atoms with E-state index in [1.807, 2.05) is 23.9 Å². The largest absolute Gasteiger partial charge is 0.367 e. The lowest BCUT2D eigenvalue weighted by Gasteiger charge is -2.30. The second-order valence-electron chi connectivity index (χ2n) is 9.33. The number of aromatic nitrogens is 4. The standard InChI is InChI=1S/C26H30N6O2S/c1-17-9-14-24(18(2)15-17)32-26-23(16-27-32)25(28-19(3)29-26)30-20-10-12-21(13-11-20)31-35(33,34)22-7-5-4-6-8-22/h4-9,14-16,20-21,31H,10-13H2,1-3H3,(H,28,29,30). The zero-order valence-electron chi connectivity index (χ0n) is 20.2. The van der Waals surface area contributed by atoms with Gasteiger partial charge in [0.05, 0.1) is 22.2 Å². The molecule has 0 spiro atoms. The number of benzene rings is 2. The van der Waals surface area contributed by atoms with E-state index in [-0.39, 0.29) is 12.1 Å². The number of hydrogen-bond acceptors (Lipinski definition) is 6. The Morgan fingerprint density at radius 3 is 2.34 bits per heavy atom. The monoisotopic (exact) mass is 490 g/mol. The highest BCUT2D eigenvalue weighted by atomic mass is 32.2. The molecule has 0 radical (unpaired) electrons. The first-order valence-electron chi connectivity index (χ1n) is 11.9. The summed E-state index contributed by atoms with van der Waals surface area (Å²) in [6, 6.07) is 14.9. The van der Waals surface area contributed by atoms with Crippen molar-refractivity contribution in [2.45, 2.75) is 63.4 Å². The van der Waals surface area contributed by atoms with E-state index in [4.69, 9.17) is 0 Å². The van der Waals surface area contributed by atoms with Gasteiger partial charge in [0, 0.05) is 12.1 Å². The minimum atomic E-state index is -3.50. The van der Waals surface area contributed by atoms with Crippen molar-refractivity contribution in [3.8, 4) is 5.69 Å². The zero-order chi connectivity index (χ0) is 24.6. The number of nitrogens with zero attached hydrogens (tertiary/aromatic N) is 4. The van der Waals surface area contributed by atoms with E-state index in [2.05, 4.69) is 57.2 Å². The molecule has 8 nitrogen and oxygen atoms in total. The van der Waals surface area contributed by atoms with Crippen LogP contribution in [0.1, 0.15) is 42.6 Å². The van der Waals surface area contributed by atoms with Gasteiger partial charge in [-0.05, 0) is 70.2 Å². The van der Waals surface area contributed by atoms with Gasteiger partial charge in [0.1, 0.15) is 11.6 Å². The summed E-state index contributed by atoms with van der Waals surface area (Å²) in [6.45, 7) is 6.04. The molecule has 1 aliphatic carbocycles. The van der Waals surface area contributed by atoms with Crippen molar-refractivity contribution < 1.29 is 8.42 Å². The molecule has 1 fully saturated rings. The highest BCUT2D eigenvalue weighted by Crippen LogP contribution is 2.28. The predicted molar refractivity (Wildman–Crippen MR) is 137 cm³/mol. The third-order valence-corrected chi connectivity index (χ3v) is 8.10. The molecule has 35 heavy (non-hydrogen) atoms. The van der Waals surface area contributed by atoms with Crippen molar-refractivity contribution in [1.82, 2.24) is 24.5 Å². The van der Waals surface area contributed by atoms with Crippen LogP contribution in [-0.4, -0.2) is 40.2 Å². The Morgan fingerprint density at radius 1 is 0.914 bits per heavy atom. The van der Waals surface area contributed by atoms with Crippen LogP contribution in [0.2, 0.25) is 0 Å². The van der Waals surface area contributed by atoms with E-state index in [1.54, 1.807) is 24.3 Å². The fourth-order valence-corrected chi connectivity index (χ4v) is 6.11. The molecule has 2 aromatic carbocycles. The van der Waals surface area contributed by atoms with Gasteiger partial charge >= 0.3 is 0 Å². The van der Waals surface area contributed by atoms with Crippen LogP contribution in [0.4, 0.5) is 5.82 Å². The molecule has 0 atom stereocenters. The summed E-state index contributed by atoms with van der Waals surface area (Å²) in [5, 5.41) is 9.09. The molecule has 2 heterocycles. The summed E-state index contributed by atoms with van der Waals surface area (Å²) in [5.74, 6) is 1.45. The fraction of sp³-hybridized carbons (Fsp3) is 0.346. The van der Waals surface area contributed by atoms with Gasteiger partial charge in [-0.25, -0.2) is 27.8 Å². The van der Waals surface area contributed by atoms with Gasteiger partial charge in [-0.1, -0.05) is 35.9 Å². The van der Waals surface area contributed by atoms with Crippen molar-refractivity contribution in [2.75, 3.05) is 5.32 Å². The smallest absolute Gasteiger partial charge is 0.240 e. The first-order valence-corrected chi connectivity index (χ1v) is 13.4. The van der Waals surface area contributed by atoms with Crippen LogP contribution >= 0.6 is 0 Å². The van der Waals surface area contributed by atoms with E-state index in [9.17, 15) is 8.42 Å². The van der Waals surface area contributed by atoms with Gasteiger partial charge in [-0.15, -0.1) is 0 Å². The van der Waals surface area contributed by atoms with Crippen molar-refractivity contribution >= 4 is 26.9 Å². The van der Waals surface area contributed by atoms with Crippen LogP contribution in [0.25, 0.3) is 16.7 Å². The van der Waals surface area contributed by atoms with Gasteiger partial charge in [0.15, 0.2) is 5.65 Å². The lowest BCUT2D eigenvalue weighted by Crippen LogP contribution is -2.40. The molecule has 0 bridgehead atoms. The number of rotatable bonds is 6. The summed E-state index contributed by atoms with van der Waals surface area (Å²) in [7, 11) is -3.50. The number of nitrogens with one attached hydrogen (secondary N) is 2. The van der Waals surface area contributed by atoms with Gasteiger partial charge in [-0.3, -0.25) is 0 Å². The molecule has 2 N–H and O–H groups in total. The average Bonchev–Trinajstić information content (AvgIpc) is 3.24. The maximum Gasteiger partial charge on any atom is 0.240 e. The lowest BCUT2D eigenvalue weighted by molar-refractivity contribution is 0.387. The third-order valence-electron chi connectivity index (χ3n) is 6.56. The number of hydrogen-bond donors (Lipinski definition) is 2. The second kappa shape index (κ2) is 9.39. The molecule has 0 amide bonds. The molecular weight excluding hydrogens is 460 g/mol. The number of sulfonamides is 1. The number of aryl methyl sites for hydroxylation is 3. The van der Waals surface area contributed by atoms with E-state index in [0.29, 0.717) is 10.7 Å². The van der Waals surface area contributed by atoms with E-state index < -0.39 is 10.0 Å². The number of anilines is 1. The molecule has 1 aliphatic rings. The summed E-state index contributed by atoms with van der Waals surface area (Å²) in [4.78, 5) is 9.66. The Balaban J connectivity index is 1.31. The summed E-state index contributed by atoms with van der Waals surface area (Å²) >= 11 is 0. The van der Waals surface area contributed by atoms with Crippen molar-refractivity contribution in [2.24, 2.45) is 0 Å². The van der Waals surface area contributed by atoms with Gasteiger partial charge in [-0.2, -0.15) is 5.10 Å².